The Bertz CT molecular complexity index is 1840. The maximum atomic E-state index is 12.7. The average molecular weight is 725 g/mol. The molecule has 0 fully saturated rings. The maximum absolute atomic E-state index is 12.7. The summed E-state index contributed by atoms with van der Waals surface area (Å²) in [7, 11) is 0. The molecule has 276 valence electrons. The van der Waals surface area contributed by atoms with Gasteiger partial charge in [0.25, 0.3) is 0 Å². The van der Waals surface area contributed by atoms with Gasteiger partial charge >= 0.3 is 29.8 Å². The van der Waals surface area contributed by atoms with Gasteiger partial charge in [-0.2, -0.15) is 0 Å². The first kappa shape index (κ1) is 40.7. The lowest BCUT2D eigenvalue weighted by Crippen LogP contribution is -2.12. The van der Waals surface area contributed by atoms with Crippen LogP contribution in [0.2, 0.25) is 0 Å². The monoisotopic (exact) mass is 724 g/mol. The third kappa shape index (κ3) is 13.9. The quantitative estimate of drug-likeness (QED) is 0.0463. The van der Waals surface area contributed by atoms with Crippen molar-refractivity contribution < 1.29 is 57.1 Å². The van der Waals surface area contributed by atoms with Crippen LogP contribution in [0.1, 0.15) is 58.3 Å². The molecule has 0 aliphatic rings. The first-order valence-corrected chi connectivity index (χ1v) is 16.6. The average Bonchev–Trinajstić information content (AvgIpc) is 3.18. The van der Waals surface area contributed by atoms with Crippen molar-refractivity contribution in [1.82, 2.24) is 0 Å². The number of esters is 5. The second-order valence-corrected chi connectivity index (χ2v) is 10.6. The fourth-order valence-electron chi connectivity index (χ4n) is 4.00. The molecule has 0 heterocycles. The van der Waals surface area contributed by atoms with Gasteiger partial charge in [0, 0.05) is 18.1 Å². The molecule has 0 spiro atoms. The molecule has 0 atom stereocenters. The molecule has 0 saturated carbocycles. The minimum Gasteiger partial charge on any atom is -0.493 e. The molecule has 0 amide bonds. The van der Waals surface area contributed by atoms with Crippen molar-refractivity contribution in [1.29, 1.82) is 0 Å². The molecular weight excluding hydrogens is 684 g/mol. The van der Waals surface area contributed by atoms with Crippen molar-refractivity contribution in [2.24, 2.45) is 0 Å². The summed E-state index contributed by atoms with van der Waals surface area (Å²) in [4.78, 5) is 60.3. The number of benzene rings is 4. The zero-order chi connectivity index (χ0) is 38.6. The number of rotatable bonds is 17. The summed E-state index contributed by atoms with van der Waals surface area (Å²) in [6.07, 6.45) is 1.59. The SMILES string of the molecule is C=CC(=O)OCCCOc1ccc(C(=O)Oc2ccc(OC(=O)c3ccc(OC(=O)c4ccc(OCCOC(=O)C(=C)C)cc4)cc3)cc2)cc1.CC. The van der Waals surface area contributed by atoms with Crippen LogP contribution in [0.3, 0.4) is 0 Å². The topological polar surface area (TPSA) is 150 Å². The van der Waals surface area contributed by atoms with Gasteiger partial charge in [0.2, 0.25) is 0 Å². The van der Waals surface area contributed by atoms with E-state index in [4.69, 9.17) is 33.2 Å². The van der Waals surface area contributed by atoms with E-state index in [9.17, 15) is 24.0 Å². The molecule has 0 aliphatic heterocycles. The number of ether oxygens (including phenoxy) is 7. The number of hydrogen-bond acceptors (Lipinski definition) is 12. The Balaban J connectivity index is 0.00000372. The highest BCUT2D eigenvalue weighted by Gasteiger charge is 2.14. The lowest BCUT2D eigenvalue weighted by Gasteiger charge is -2.09. The van der Waals surface area contributed by atoms with Gasteiger partial charge in [-0.05, 0) is 104 Å². The Hall–Kier alpha value is -6.69. The molecule has 0 N–H and O–H groups in total. The van der Waals surface area contributed by atoms with Gasteiger partial charge in [0.1, 0.15) is 42.0 Å². The molecule has 0 bridgehead atoms. The summed E-state index contributed by atoms with van der Waals surface area (Å²) in [6, 6.07) is 24.4. The molecule has 53 heavy (non-hydrogen) atoms. The number of hydrogen-bond donors (Lipinski definition) is 0. The Kier molecular flexibility index (Phi) is 16.5. The molecule has 12 nitrogen and oxygen atoms in total. The summed E-state index contributed by atoms with van der Waals surface area (Å²) in [5.41, 5.74) is 1.08. The Labute approximate surface area is 307 Å². The van der Waals surface area contributed by atoms with Crippen molar-refractivity contribution >= 4 is 29.8 Å². The van der Waals surface area contributed by atoms with Crippen LogP contribution < -0.4 is 23.7 Å². The van der Waals surface area contributed by atoms with Crippen molar-refractivity contribution in [2.75, 3.05) is 26.4 Å². The van der Waals surface area contributed by atoms with Crippen LogP contribution >= 0.6 is 0 Å². The van der Waals surface area contributed by atoms with E-state index < -0.39 is 29.8 Å². The van der Waals surface area contributed by atoms with Gasteiger partial charge in [0.05, 0.1) is 29.9 Å². The zero-order valence-electron chi connectivity index (χ0n) is 29.7. The van der Waals surface area contributed by atoms with E-state index in [0.717, 1.165) is 6.08 Å². The van der Waals surface area contributed by atoms with Crippen molar-refractivity contribution in [3.8, 4) is 28.7 Å². The highest BCUT2D eigenvalue weighted by atomic mass is 16.6. The largest absolute Gasteiger partial charge is 0.493 e. The minimum absolute atomic E-state index is 0.0550. The van der Waals surface area contributed by atoms with Crippen molar-refractivity contribution in [3.63, 3.8) is 0 Å². The second kappa shape index (κ2) is 21.5. The molecular formula is C41H40O12. The predicted molar refractivity (Wildman–Crippen MR) is 195 cm³/mol. The number of carbonyl (C=O) groups excluding carboxylic acids is 5. The van der Waals surface area contributed by atoms with Crippen LogP contribution in [-0.2, 0) is 19.1 Å². The first-order valence-electron chi connectivity index (χ1n) is 16.6. The molecule has 4 rings (SSSR count). The van der Waals surface area contributed by atoms with E-state index in [1.54, 1.807) is 43.3 Å². The standard InChI is InChI=1S/C39H34O12.C2H6/c1-4-35(40)47-23-5-22-45-30-12-6-27(7-13-30)38(43)50-33-18-20-34(21-19-33)51-39(44)29-10-16-32(17-11-29)49-37(42)28-8-14-31(15-9-28)46-24-25-48-36(41)26(2)3;1-2/h4,6-21H,1-2,5,22-25H2,3H3;1-2H3. The zero-order valence-corrected chi connectivity index (χ0v) is 29.7. The third-order valence-electron chi connectivity index (χ3n) is 6.63. The van der Waals surface area contributed by atoms with Crippen molar-refractivity contribution in [3.05, 3.63) is 139 Å². The van der Waals surface area contributed by atoms with Gasteiger partial charge in [-0.25, -0.2) is 24.0 Å². The van der Waals surface area contributed by atoms with Crippen LogP contribution in [-0.4, -0.2) is 56.3 Å². The first-order chi connectivity index (χ1) is 25.6. The fourth-order valence-corrected chi connectivity index (χ4v) is 4.00. The van der Waals surface area contributed by atoms with Gasteiger partial charge < -0.3 is 33.2 Å². The summed E-state index contributed by atoms with van der Waals surface area (Å²) in [5, 5.41) is 0. The van der Waals surface area contributed by atoms with Gasteiger partial charge in [-0.1, -0.05) is 27.0 Å². The normalized spacial score (nSPS) is 9.94. The second-order valence-electron chi connectivity index (χ2n) is 10.6. The molecule has 0 saturated heterocycles. The predicted octanol–water partition coefficient (Wildman–Crippen LogP) is 7.37. The highest BCUT2D eigenvalue weighted by Crippen LogP contribution is 2.22. The van der Waals surface area contributed by atoms with E-state index in [-0.39, 0.29) is 48.2 Å². The Morgan fingerprint density at radius 3 is 1.25 bits per heavy atom. The van der Waals surface area contributed by atoms with Gasteiger partial charge in [0.15, 0.2) is 0 Å². The molecule has 0 radical (unpaired) electrons. The lowest BCUT2D eigenvalue weighted by molar-refractivity contribution is -0.140. The summed E-state index contributed by atoms with van der Waals surface area (Å²) >= 11 is 0. The molecule has 0 unspecified atom stereocenters. The van der Waals surface area contributed by atoms with Crippen LogP contribution in [0.25, 0.3) is 0 Å². The molecule has 0 aromatic heterocycles. The smallest absolute Gasteiger partial charge is 0.343 e. The number of carbonyl (C=O) groups is 5. The van der Waals surface area contributed by atoms with Crippen LogP contribution in [0.5, 0.6) is 28.7 Å². The summed E-state index contributed by atoms with van der Waals surface area (Å²) in [6.45, 7) is 13.1. The van der Waals surface area contributed by atoms with Gasteiger partial charge in [-0.3, -0.25) is 0 Å². The summed E-state index contributed by atoms with van der Waals surface area (Å²) < 4.78 is 37.1. The highest BCUT2D eigenvalue weighted by molar-refractivity contribution is 5.93. The van der Waals surface area contributed by atoms with E-state index in [1.165, 1.54) is 60.7 Å². The third-order valence-corrected chi connectivity index (χ3v) is 6.63. The fraction of sp³-hybridized carbons (Fsp3) is 0.195. The van der Waals surface area contributed by atoms with Crippen LogP contribution in [0.15, 0.2) is 122 Å². The van der Waals surface area contributed by atoms with Crippen LogP contribution in [0.4, 0.5) is 0 Å². The Morgan fingerprint density at radius 2 is 0.868 bits per heavy atom. The van der Waals surface area contributed by atoms with E-state index in [0.29, 0.717) is 35.7 Å². The molecule has 12 heteroatoms. The molecule has 4 aromatic carbocycles. The minimum atomic E-state index is -0.650. The maximum Gasteiger partial charge on any atom is 0.343 e. The summed E-state index contributed by atoms with van der Waals surface area (Å²) in [5.74, 6) is -1.16. The van der Waals surface area contributed by atoms with Crippen molar-refractivity contribution in [2.45, 2.75) is 27.2 Å². The molecule has 4 aromatic rings. The van der Waals surface area contributed by atoms with Crippen LogP contribution in [0, 0.1) is 0 Å². The van der Waals surface area contributed by atoms with E-state index in [2.05, 4.69) is 13.2 Å². The van der Waals surface area contributed by atoms with Gasteiger partial charge in [-0.15, -0.1) is 0 Å². The molecule has 0 aliphatic carbocycles. The Morgan fingerprint density at radius 1 is 0.509 bits per heavy atom. The van der Waals surface area contributed by atoms with E-state index >= 15 is 0 Å². The lowest BCUT2D eigenvalue weighted by atomic mass is 10.2. The van der Waals surface area contributed by atoms with E-state index in [1.807, 2.05) is 13.8 Å².